The highest BCUT2D eigenvalue weighted by molar-refractivity contribution is 5.99. The monoisotopic (exact) mass is 216 g/mol. The van der Waals surface area contributed by atoms with Crippen LogP contribution in [0.25, 0.3) is 0 Å². The Labute approximate surface area is 88.4 Å². The Morgan fingerprint density at radius 3 is 2.33 bits per heavy atom. The molecule has 0 saturated carbocycles. The van der Waals surface area contributed by atoms with Gasteiger partial charge in [0.1, 0.15) is 0 Å². The average Bonchev–Trinajstić information content (AvgIpc) is 2.27. The lowest BCUT2D eigenvalue weighted by molar-refractivity contribution is -0.172. The number of carboxylic acids is 1. The molecule has 5 heteroatoms. The number of carbonyl (C=O) groups is 2. The quantitative estimate of drug-likeness (QED) is 0.554. The third-order valence-corrected chi connectivity index (χ3v) is 3.09. The van der Waals surface area contributed by atoms with Crippen LogP contribution in [-0.4, -0.2) is 37.4 Å². The van der Waals surface area contributed by atoms with Gasteiger partial charge in [0.2, 0.25) is 0 Å². The fraction of sp³-hybridized carbons (Fsp3) is 0.800. The van der Waals surface area contributed by atoms with E-state index >= 15 is 0 Å². The van der Waals surface area contributed by atoms with E-state index in [0.717, 1.165) is 0 Å². The predicted molar refractivity (Wildman–Crippen MR) is 51.3 cm³/mol. The first-order valence-electron chi connectivity index (χ1n) is 4.93. The third-order valence-electron chi connectivity index (χ3n) is 3.09. The molecule has 0 radical (unpaired) electrons. The van der Waals surface area contributed by atoms with Gasteiger partial charge in [-0.1, -0.05) is 0 Å². The van der Waals surface area contributed by atoms with Gasteiger partial charge in [-0.25, -0.2) is 0 Å². The molecule has 0 spiro atoms. The summed E-state index contributed by atoms with van der Waals surface area (Å²) in [5.74, 6) is -2.01. The van der Waals surface area contributed by atoms with E-state index in [4.69, 9.17) is 9.84 Å². The van der Waals surface area contributed by atoms with Crippen molar-refractivity contribution in [3.63, 3.8) is 0 Å². The van der Waals surface area contributed by atoms with Crippen LogP contribution in [0.2, 0.25) is 0 Å². The summed E-state index contributed by atoms with van der Waals surface area (Å²) in [5.41, 5.74) is -1.45. The molecule has 0 bridgehead atoms. The molecule has 0 aromatic heterocycles. The molecule has 0 aromatic rings. The minimum atomic E-state index is -1.45. The summed E-state index contributed by atoms with van der Waals surface area (Å²) in [4.78, 5) is 22.7. The molecule has 1 heterocycles. The first kappa shape index (κ1) is 12.0. The van der Waals surface area contributed by atoms with E-state index in [1.165, 1.54) is 14.0 Å². The van der Waals surface area contributed by atoms with Gasteiger partial charge in [0.05, 0.1) is 7.11 Å². The Morgan fingerprint density at radius 1 is 1.40 bits per heavy atom. The lowest BCUT2D eigenvalue weighted by atomic mass is 9.73. The normalized spacial score (nSPS) is 21.7. The van der Waals surface area contributed by atoms with Crippen LogP contribution in [0.3, 0.4) is 0 Å². The summed E-state index contributed by atoms with van der Waals surface area (Å²) in [6.45, 7) is 2.44. The van der Waals surface area contributed by atoms with Crippen molar-refractivity contribution in [2.45, 2.75) is 19.8 Å². The van der Waals surface area contributed by atoms with Gasteiger partial charge in [-0.05, 0) is 25.7 Å². The first-order valence-corrected chi connectivity index (χ1v) is 4.93. The molecule has 1 rings (SSSR count). The molecule has 1 fully saturated rings. The van der Waals surface area contributed by atoms with E-state index in [1.54, 1.807) is 0 Å². The molecule has 1 saturated heterocycles. The smallest absolute Gasteiger partial charge is 0.323 e. The second kappa shape index (κ2) is 4.61. The number of hydrogen-bond donors (Lipinski definition) is 1. The number of methoxy groups -OCH3 is 1. The minimum Gasteiger partial charge on any atom is -0.480 e. The maximum absolute atomic E-state index is 11.5. The van der Waals surface area contributed by atoms with Crippen molar-refractivity contribution in [1.29, 1.82) is 0 Å². The summed E-state index contributed by atoms with van der Waals surface area (Å²) in [6, 6.07) is 0. The second-order valence-corrected chi connectivity index (χ2v) is 3.89. The summed E-state index contributed by atoms with van der Waals surface area (Å²) in [7, 11) is 1.21. The fourth-order valence-electron chi connectivity index (χ4n) is 1.92. The Bertz CT molecular complexity index is 257. The van der Waals surface area contributed by atoms with Gasteiger partial charge in [-0.2, -0.15) is 0 Å². The molecule has 1 aliphatic heterocycles. The second-order valence-electron chi connectivity index (χ2n) is 3.89. The van der Waals surface area contributed by atoms with E-state index in [0.29, 0.717) is 26.1 Å². The highest BCUT2D eigenvalue weighted by atomic mass is 16.5. The summed E-state index contributed by atoms with van der Waals surface area (Å²) < 4.78 is 9.71. The Hall–Kier alpha value is -1.10. The zero-order valence-electron chi connectivity index (χ0n) is 8.99. The largest absolute Gasteiger partial charge is 0.480 e. The molecule has 0 aromatic carbocycles. The number of hydrogen-bond acceptors (Lipinski definition) is 4. The first-order chi connectivity index (χ1) is 7.03. The molecule has 5 nitrogen and oxygen atoms in total. The molecular weight excluding hydrogens is 200 g/mol. The van der Waals surface area contributed by atoms with Crippen LogP contribution in [0.15, 0.2) is 0 Å². The lowest BCUT2D eigenvalue weighted by Crippen LogP contribution is -2.46. The summed E-state index contributed by atoms with van der Waals surface area (Å²) in [6.07, 6.45) is 1.16. The predicted octanol–water partition coefficient (Wildman–Crippen LogP) is 0.677. The average molecular weight is 216 g/mol. The number of esters is 1. The van der Waals surface area contributed by atoms with Gasteiger partial charge in [0.15, 0.2) is 5.41 Å². The Kier molecular flexibility index (Phi) is 3.68. The van der Waals surface area contributed by atoms with Crippen LogP contribution in [0.1, 0.15) is 19.8 Å². The van der Waals surface area contributed by atoms with Crippen molar-refractivity contribution >= 4 is 11.9 Å². The van der Waals surface area contributed by atoms with Gasteiger partial charge in [0, 0.05) is 13.2 Å². The third kappa shape index (κ3) is 2.12. The van der Waals surface area contributed by atoms with Crippen LogP contribution >= 0.6 is 0 Å². The number of carbonyl (C=O) groups excluding carboxylic acids is 1. The molecule has 15 heavy (non-hydrogen) atoms. The number of aliphatic carboxylic acids is 1. The van der Waals surface area contributed by atoms with E-state index in [2.05, 4.69) is 4.74 Å². The van der Waals surface area contributed by atoms with Crippen molar-refractivity contribution in [3.05, 3.63) is 0 Å². The van der Waals surface area contributed by atoms with Crippen LogP contribution in [0.4, 0.5) is 0 Å². The van der Waals surface area contributed by atoms with E-state index < -0.39 is 17.4 Å². The summed E-state index contributed by atoms with van der Waals surface area (Å²) >= 11 is 0. The summed E-state index contributed by atoms with van der Waals surface area (Å²) in [5, 5.41) is 9.14. The number of carboxylic acid groups (broad SMARTS) is 1. The van der Waals surface area contributed by atoms with Crippen molar-refractivity contribution in [2.75, 3.05) is 20.3 Å². The van der Waals surface area contributed by atoms with Crippen LogP contribution < -0.4 is 0 Å². The maximum Gasteiger partial charge on any atom is 0.323 e. The van der Waals surface area contributed by atoms with Gasteiger partial charge in [-0.15, -0.1) is 0 Å². The minimum absolute atomic E-state index is 0.212. The van der Waals surface area contributed by atoms with Crippen LogP contribution in [0.5, 0.6) is 0 Å². The van der Waals surface area contributed by atoms with E-state index in [9.17, 15) is 9.59 Å². The van der Waals surface area contributed by atoms with Gasteiger partial charge in [-0.3, -0.25) is 9.59 Å². The topological polar surface area (TPSA) is 72.8 Å². The van der Waals surface area contributed by atoms with Crippen LogP contribution in [0, 0.1) is 11.3 Å². The van der Waals surface area contributed by atoms with E-state index in [1.807, 2.05) is 0 Å². The highest BCUT2D eigenvalue weighted by Crippen LogP contribution is 2.36. The van der Waals surface area contributed by atoms with Gasteiger partial charge in [0.25, 0.3) is 0 Å². The molecule has 1 N–H and O–H groups in total. The maximum atomic E-state index is 11.5. The highest BCUT2D eigenvalue weighted by Gasteiger charge is 2.49. The van der Waals surface area contributed by atoms with Crippen LogP contribution in [-0.2, 0) is 19.1 Å². The molecular formula is C10H16O5. The Balaban J connectivity index is 2.88. The zero-order chi connectivity index (χ0) is 11.5. The van der Waals surface area contributed by atoms with Crippen molar-refractivity contribution in [3.8, 4) is 0 Å². The van der Waals surface area contributed by atoms with Gasteiger partial charge < -0.3 is 14.6 Å². The van der Waals surface area contributed by atoms with Crippen molar-refractivity contribution in [2.24, 2.45) is 11.3 Å². The molecule has 1 aliphatic rings. The lowest BCUT2D eigenvalue weighted by Gasteiger charge is -2.33. The molecule has 1 unspecified atom stereocenters. The number of rotatable bonds is 3. The molecule has 0 aliphatic carbocycles. The molecule has 86 valence electrons. The van der Waals surface area contributed by atoms with Crippen molar-refractivity contribution in [1.82, 2.24) is 0 Å². The fourth-order valence-corrected chi connectivity index (χ4v) is 1.92. The van der Waals surface area contributed by atoms with Crippen molar-refractivity contribution < 1.29 is 24.2 Å². The molecule has 0 amide bonds. The van der Waals surface area contributed by atoms with Gasteiger partial charge >= 0.3 is 11.9 Å². The molecule has 1 atom stereocenters. The Morgan fingerprint density at radius 2 is 1.93 bits per heavy atom. The zero-order valence-corrected chi connectivity index (χ0v) is 8.99. The number of ether oxygens (including phenoxy) is 2. The van der Waals surface area contributed by atoms with E-state index in [-0.39, 0.29) is 5.92 Å². The standard InChI is InChI=1S/C10H16O5/c1-10(8(11)12,9(13)14-2)7-3-5-15-6-4-7/h7H,3-6H2,1-2H3,(H,11,12). The SMILES string of the molecule is COC(=O)C(C)(C(=O)O)C1CCOCC1.